The summed E-state index contributed by atoms with van der Waals surface area (Å²) in [5.74, 6) is 0.349. The number of hydrogen-bond donors (Lipinski definition) is 3. The van der Waals surface area contributed by atoms with Gasteiger partial charge < -0.3 is 10.1 Å². The number of rotatable bonds is 7. The van der Waals surface area contributed by atoms with Crippen LogP contribution in [0.25, 0.3) is 0 Å². The Labute approximate surface area is 158 Å². The lowest BCUT2D eigenvalue weighted by Gasteiger charge is -2.09. The molecule has 0 atom stereocenters. The van der Waals surface area contributed by atoms with E-state index in [4.69, 9.17) is 4.74 Å². The predicted molar refractivity (Wildman–Crippen MR) is 103 cm³/mol. The zero-order valence-corrected chi connectivity index (χ0v) is 15.9. The third-order valence-corrected chi connectivity index (χ3v) is 4.61. The number of carbonyl (C=O) groups excluding carboxylic acids is 2. The molecule has 2 amide bonds. The molecular formula is C17H18BrN3O3S. The zero-order chi connectivity index (χ0) is 18.1. The van der Waals surface area contributed by atoms with Gasteiger partial charge in [0, 0.05) is 15.1 Å². The summed E-state index contributed by atoms with van der Waals surface area (Å²) in [6.07, 6.45) is 0. The number of halogens is 1. The summed E-state index contributed by atoms with van der Waals surface area (Å²) in [4.78, 5) is 24.5. The predicted octanol–water partition coefficient (Wildman–Crippen LogP) is 2.81. The highest BCUT2D eigenvalue weighted by Gasteiger charge is 2.06. The van der Waals surface area contributed by atoms with Crippen molar-refractivity contribution in [3.8, 4) is 5.75 Å². The molecule has 0 saturated heterocycles. The van der Waals surface area contributed by atoms with E-state index in [2.05, 4.69) is 32.1 Å². The highest BCUT2D eigenvalue weighted by molar-refractivity contribution is 9.10. The number of hydrazine groups is 1. The molecule has 0 aliphatic rings. The molecule has 0 saturated carbocycles. The normalized spacial score (nSPS) is 10.0. The molecule has 132 valence electrons. The number of methoxy groups -OCH3 is 1. The lowest BCUT2D eigenvalue weighted by molar-refractivity contribution is -0.126. The standard InChI is InChI=1S/C17H18BrN3O3S/c1-24-14-6-4-13(5-7-14)19-10-16(22)20-21-17(23)11-25-15-8-2-12(18)3-9-15/h2-9,19H,10-11H2,1H3,(H,20,22)(H,21,23). The largest absolute Gasteiger partial charge is 0.497 e. The summed E-state index contributed by atoms with van der Waals surface area (Å²) in [5.41, 5.74) is 5.55. The minimum absolute atomic E-state index is 0.0481. The Balaban J connectivity index is 1.64. The third kappa shape index (κ3) is 7.06. The molecule has 0 radical (unpaired) electrons. The number of anilines is 1. The van der Waals surface area contributed by atoms with Crippen LogP contribution in [0.3, 0.4) is 0 Å². The van der Waals surface area contributed by atoms with Gasteiger partial charge in [-0.15, -0.1) is 11.8 Å². The van der Waals surface area contributed by atoms with E-state index in [1.54, 1.807) is 31.4 Å². The van der Waals surface area contributed by atoms with Gasteiger partial charge in [-0.25, -0.2) is 0 Å². The first-order chi connectivity index (χ1) is 12.1. The van der Waals surface area contributed by atoms with Gasteiger partial charge in [0.15, 0.2) is 0 Å². The molecule has 0 spiro atoms. The number of nitrogens with one attached hydrogen (secondary N) is 3. The fourth-order valence-electron chi connectivity index (χ4n) is 1.79. The van der Waals surface area contributed by atoms with E-state index >= 15 is 0 Å². The van der Waals surface area contributed by atoms with E-state index in [0.29, 0.717) is 0 Å². The number of carbonyl (C=O) groups is 2. The Bertz CT molecular complexity index is 708. The van der Waals surface area contributed by atoms with Crippen LogP contribution in [0.15, 0.2) is 57.9 Å². The van der Waals surface area contributed by atoms with Crippen molar-refractivity contribution in [2.45, 2.75) is 4.90 Å². The molecule has 2 aromatic carbocycles. The van der Waals surface area contributed by atoms with Crippen LogP contribution >= 0.6 is 27.7 Å². The van der Waals surface area contributed by atoms with Crippen molar-refractivity contribution in [2.75, 3.05) is 24.7 Å². The summed E-state index contributed by atoms with van der Waals surface area (Å²) in [6.45, 7) is 0.0481. The van der Waals surface area contributed by atoms with Crippen molar-refractivity contribution in [2.24, 2.45) is 0 Å². The Kier molecular flexibility index (Phi) is 7.62. The van der Waals surface area contributed by atoms with E-state index in [1.807, 2.05) is 24.3 Å². The maximum Gasteiger partial charge on any atom is 0.257 e. The van der Waals surface area contributed by atoms with Crippen LogP contribution in [-0.4, -0.2) is 31.2 Å². The van der Waals surface area contributed by atoms with Crippen LogP contribution in [-0.2, 0) is 9.59 Å². The summed E-state index contributed by atoms with van der Waals surface area (Å²) < 4.78 is 6.05. The average molecular weight is 424 g/mol. The van der Waals surface area contributed by atoms with Crippen LogP contribution in [0, 0.1) is 0 Å². The van der Waals surface area contributed by atoms with Crippen molar-refractivity contribution in [1.82, 2.24) is 10.9 Å². The zero-order valence-electron chi connectivity index (χ0n) is 13.5. The van der Waals surface area contributed by atoms with E-state index in [9.17, 15) is 9.59 Å². The van der Waals surface area contributed by atoms with E-state index in [1.165, 1.54) is 11.8 Å². The molecular weight excluding hydrogens is 406 g/mol. The summed E-state index contributed by atoms with van der Waals surface area (Å²) in [6, 6.07) is 14.8. The first-order valence-corrected chi connectivity index (χ1v) is 9.18. The summed E-state index contributed by atoms with van der Waals surface area (Å²) in [7, 11) is 1.59. The molecule has 0 aliphatic carbocycles. The van der Waals surface area contributed by atoms with Crippen LogP contribution in [0.2, 0.25) is 0 Å². The van der Waals surface area contributed by atoms with Gasteiger partial charge in [0.2, 0.25) is 5.91 Å². The van der Waals surface area contributed by atoms with Gasteiger partial charge in [0.05, 0.1) is 19.4 Å². The number of thioether (sulfide) groups is 1. The second-order valence-corrected chi connectivity index (χ2v) is 6.89. The SMILES string of the molecule is COc1ccc(NCC(=O)NNC(=O)CSc2ccc(Br)cc2)cc1. The average Bonchev–Trinajstić information content (AvgIpc) is 2.64. The molecule has 8 heteroatoms. The van der Waals surface area contributed by atoms with Crippen LogP contribution in [0.4, 0.5) is 5.69 Å². The number of hydrogen-bond acceptors (Lipinski definition) is 5. The summed E-state index contributed by atoms with van der Waals surface area (Å²) in [5, 5.41) is 2.95. The molecule has 0 fully saturated rings. The van der Waals surface area contributed by atoms with E-state index < -0.39 is 0 Å². The van der Waals surface area contributed by atoms with Gasteiger partial charge in [-0.05, 0) is 48.5 Å². The van der Waals surface area contributed by atoms with Crippen molar-refractivity contribution in [3.63, 3.8) is 0 Å². The Hall–Kier alpha value is -2.19. The fourth-order valence-corrected chi connectivity index (χ4v) is 2.75. The monoisotopic (exact) mass is 423 g/mol. The molecule has 2 rings (SSSR count). The Morgan fingerprint density at radius 2 is 1.64 bits per heavy atom. The van der Waals surface area contributed by atoms with Crippen molar-refractivity contribution in [3.05, 3.63) is 53.0 Å². The minimum atomic E-state index is -0.335. The number of amides is 2. The van der Waals surface area contributed by atoms with Crippen molar-refractivity contribution >= 4 is 45.2 Å². The molecule has 0 unspecified atom stereocenters. The third-order valence-electron chi connectivity index (χ3n) is 3.07. The Morgan fingerprint density at radius 1 is 1.00 bits per heavy atom. The molecule has 0 heterocycles. The first-order valence-electron chi connectivity index (χ1n) is 7.41. The van der Waals surface area contributed by atoms with Gasteiger partial charge >= 0.3 is 0 Å². The highest BCUT2D eigenvalue weighted by Crippen LogP contribution is 2.20. The maximum atomic E-state index is 11.7. The fraction of sp³-hybridized carbons (Fsp3) is 0.176. The lowest BCUT2D eigenvalue weighted by atomic mass is 10.3. The van der Waals surface area contributed by atoms with E-state index in [0.717, 1.165) is 20.8 Å². The van der Waals surface area contributed by atoms with Crippen molar-refractivity contribution < 1.29 is 14.3 Å². The number of benzene rings is 2. The molecule has 0 aromatic heterocycles. The van der Waals surface area contributed by atoms with Crippen LogP contribution in [0.1, 0.15) is 0 Å². The highest BCUT2D eigenvalue weighted by atomic mass is 79.9. The number of ether oxygens (including phenoxy) is 1. The second kappa shape index (κ2) is 9.95. The Morgan fingerprint density at radius 3 is 2.28 bits per heavy atom. The van der Waals surface area contributed by atoms with Crippen LogP contribution < -0.4 is 20.9 Å². The summed E-state index contributed by atoms with van der Waals surface area (Å²) >= 11 is 4.75. The lowest BCUT2D eigenvalue weighted by Crippen LogP contribution is -2.44. The molecule has 6 nitrogen and oxygen atoms in total. The van der Waals surface area contributed by atoms with Gasteiger partial charge in [0.25, 0.3) is 5.91 Å². The second-order valence-electron chi connectivity index (χ2n) is 4.92. The van der Waals surface area contributed by atoms with E-state index in [-0.39, 0.29) is 24.1 Å². The molecule has 0 aliphatic heterocycles. The first kappa shape index (κ1) is 19.1. The molecule has 0 bridgehead atoms. The smallest absolute Gasteiger partial charge is 0.257 e. The minimum Gasteiger partial charge on any atom is -0.497 e. The quantitative estimate of drug-likeness (QED) is 0.471. The molecule has 25 heavy (non-hydrogen) atoms. The van der Waals surface area contributed by atoms with Gasteiger partial charge in [0.1, 0.15) is 5.75 Å². The van der Waals surface area contributed by atoms with Gasteiger partial charge in [-0.3, -0.25) is 20.4 Å². The van der Waals surface area contributed by atoms with Gasteiger partial charge in [-0.2, -0.15) is 0 Å². The maximum absolute atomic E-state index is 11.7. The van der Waals surface area contributed by atoms with Crippen molar-refractivity contribution in [1.29, 1.82) is 0 Å². The van der Waals surface area contributed by atoms with Crippen LogP contribution in [0.5, 0.6) is 5.75 Å². The molecule has 3 N–H and O–H groups in total. The topological polar surface area (TPSA) is 79.5 Å². The molecule has 2 aromatic rings. The van der Waals surface area contributed by atoms with Gasteiger partial charge in [-0.1, -0.05) is 15.9 Å².